The topological polar surface area (TPSA) is 74.7 Å². The number of carbonyl (C=O) groups is 2. The molecule has 1 aromatic carbocycles. The minimum Gasteiger partial charge on any atom is -0.490 e. The molecule has 2 heterocycles. The molecule has 6 nitrogen and oxygen atoms in total. The predicted molar refractivity (Wildman–Crippen MR) is 99.6 cm³/mol. The van der Waals surface area contributed by atoms with Crippen LogP contribution in [0.25, 0.3) is 0 Å². The number of Topliss-reactive ketones (excluding diaryl/α,β-unsaturated/α-hetero) is 1. The predicted octanol–water partition coefficient (Wildman–Crippen LogP) is 3.39. The summed E-state index contributed by atoms with van der Waals surface area (Å²) in [7, 11) is 0. The second kappa shape index (κ2) is 9.05. The highest BCUT2D eigenvalue weighted by Crippen LogP contribution is 2.31. The first-order chi connectivity index (χ1) is 12.7. The number of hydrogen-bond acceptors (Lipinski definition) is 8. The average molecular weight is 393 g/mol. The van der Waals surface area contributed by atoms with Gasteiger partial charge in [-0.15, -0.1) is 11.3 Å². The Morgan fingerprint density at radius 2 is 2.08 bits per heavy atom. The van der Waals surface area contributed by atoms with Crippen LogP contribution in [-0.2, 0) is 16.0 Å². The number of esters is 1. The molecule has 0 saturated carbocycles. The number of aromatic nitrogens is 1. The van der Waals surface area contributed by atoms with Crippen LogP contribution in [-0.4, -0.2) is 42.3 Å². The highest BCUT2D eigenvalue weighted by molar-refractivity contribution is 8.01. The Bertz CT molecular complexity index is 790. The Labute approximate surface area is 159 Å². The Hall–Kier alpha value is -2.06. The molecule has 3 rings (SSSR count). The van der Waals surface area contributed by atoms with Crippen LogP contribution in [0.1, 0.15) is 29.4 Å². The number of hydrogen-bond donors (Lipinski definition) is 0. The van der Waals surface area contributed by atoms with Crippen molar-refractivity contribution in [3.05, 3.63) is 34.8 Å². The minimum absolute atomic E-state index is 0.00668. The lowest BCUT2D eigenvalue weighted by molar-refractivity contribution is -0.142. The lowest BCUT2D eigenvalue weighted by Crippen LogP contribution is -2.07. The molecule has 0 N–H and O–H groups in total. The first-order valence-electron chi connectivity index (χ1n) is 8.31. The second-order valence-corrected chi connectivity index (χ2v) is 7.59. The van der Waals surface area contributed by atoms with Crippen molar-refractivity contribution in [1.82, 2.24) is 4.98 Å². The number of benzene rings is 1. The smallest absolute Gasteiger partial charge is 0.311 e. The fourth-order valence-electron chi connectivity index (χ4n) is 2.34. The summed E-state index contributed by atoms with van der Waals surface area (Å²) in [6.07, 6.45) is 0.979. The van der Waals surface area contributed by atoms with Crippen LogP contribution in [0.5, 0.6) is 11.5 Å². The van der Waals surface area contributed by atoms with Gasteiger partial charge in [0.15, 0.2) is 21.6 Å². The summed E-state index contributed by atoms with van der Waals surface area (Å²) in [6.45, 7) is 3.33. The molecule has 1 aliphatic heterocycles. The van der Waals surface area contributed by atoms with Crippen LogP contribution >= 0.6 is 23.1 Å². The molecule has 0 spiro atoms. The zero-order valence-corrected chi connectivity index (χ0v) is 16.0. The maximum atomic E-state index is 12.4. The van der Waals surface area contributed by atoms with E-state index < -0.39 is 0 Å². The van der Waals surface area contributed by atoms with Crippen LogP contribution < -0.4 is 9.47 Å². The van der Waals surface area contributed by atoms with Gasteiger partial charge >= 0.3 is 5.97 Å². The molecule has 2 aromatic rings. The summed E-state index contributed by atoms with van der Waals surface area (Å²) in [5.41, 5.74) is 1.25. The molecule has 0 radical (unpaired) electrons. The van der Waals surface area contributed by atoms with Gasteiger partial charge in [0, 0.05) is 17.4 Å². The summed E-state index contributed by atoms with van der Waals surface area (Å²) in [5.74, 6) is 1.26. The van der Waals surface area contributed by atoms with E-state index in [-0.39, 0.29) is 23.9 Å². The number of ether oxygens (including phenoxy) is 3. The van der Waals surface area contributed by atoms with Crippen molar-refractivity contribution in [3.63, 3.8) is 0 Å². The van der Waals surface area contributed by atoms with Crippen molar-refractivity contribution in [2.75, 3.05) is 25.6 Å². The van der Waals surface area contributed by atoms with Crippen molar-refractivity contribution >= 4 is 34.9 Å². The molecule has 1 aromatic heterocycles. The van der Waals surface area contributed by atoms with Gasteiger partial charge < -0.3 is 14.2 Å². The minimum atomic E-state index is -0.294. The molecule has 26 heavy (non-hydrogen) atoms. The van der Waals surface area contributed by atoms with Crippen molar-refractivity contribution in [2.45, 2.75) is 24.1 Å². The van der Waals surface area contributed by atoms with Crippen LogP contribution in [0.2, 0.25) is 0 Å². The average Bonchev–Trinajstić information content (AvgIpc) is 2.94. The van der Waals surface area contributed by atoms with E-state index in [2.05, 4.69) is 4.98 Å². The number of nitrogens with zero attached hydrogens (tertiary/aromatic N) is 1. The monoisotopic (exact) mass is 393 g/mol. The first-order valence-corrected chi connectivity index (χ1v) is 10.2. The highest BCUT2D eigenvalue weighted by atomic mass is 32.2. The molecule has 0 atom stereocenters. The quantitative estimate of drug-likeness (QED) is 0.405. The van der Waals surface area contributed by atoms with Gasteiger partial charge in [-0.05, 0) is 25.1 Å². The van der Waals surface area contributed by atoms with Gasteiger partial charge in [0.1, 0.15) is 0 Å². The maximum Gasteiger partial charge on any atom is 0.311 e. The second-order valence-electron chi connectivity index (χ2n) is 5.51. The summed E-state index contributed by atoms with van der Waals surface area (Å²) >= 11 is 2.78. The number of fused-ring (bicyclic) bond motifs is 1. The molecule has 1 aliphatic rings. The lowest BCUT2D eigenvalue weighted by Gasteiger charge is -2.08. The van der Waals surface area contributed by atoms with E-state index in [1.807, 2.05) is 5.38 Å². The number of thioether (sulfide) groups is 1. The standard InChI is InChI=1S/C18H19NO5S2/c1-2-22-17(21)9-13-10-25-18(19-13)26-11-14(20)12-4-5-15-16(8-12)24-7-3-6-23-15/h4-5,8,10H,2-3,6-7,9,11H2,1H3. The van der Waals surface area contributed by atoms with Crippen molar-refractivity contribution in [3.8, 4) is 11.5 Å². The third-order valence-electron chi connectivity index (χ3n) is 3.56. The number of carbonyl (C=O) groups excluding carboxylic acids is 2. The molecule has 0 bridgehead atoms. The first kappa shape index (κ1) is 18.7. The molecule has 0 aliphatic carbocycles. The summed E-state index contributed by atoms with van der Waals surface area (Å²) in [4.78, 5) is 28.3. The van der Waals surface area contributed by atoms with Gasteiger partial charge in [-0.1, -0.05) is 11.8 Å². The number of rotatable bonds is 7. The molecule has 0 amide bonds. The van der Waals surface area contributed by atoms with Gasteiger partial charge in [0.05, 0.1) is 37.7 Å². The zero-order chi connectivity index (χ0) is 18.4. The zero-order valence-electron chi connectivity index (χ0n) is 14.4. The van der Waals surface area contributed by atoms with E-state index in [1.165, 1.54) is 23.1 Å². The molecule has 0 fully saturated rings. The van der Waals surface area contributed by atoms with Gasteiger partial charge in [0.2, 0.25) is 0 Å². The summed E-state index contributed by atoms with van der Waals surface area (Å²) < 4.78 is 16.9. The molecule has 138 valence electrons. The number of thiazole rings is 1. The van der Waals surface area contributed by atoms with Crippen molar-refractivity contribution in [1.29, 1.82) is 0 Å². The van der Waals surface area contributed by atoms with E-state index in [0.29, 0.717) is 42.6 Å². The van der Waals surface area contributed by atoms with Gasteiger partial charge in [0.25, 0.3) is 0 Å². The molecular formula is C18H19NO5S2. The fourth-order valence-corrected chi connectivity index (χ4v) is 4.08. The van der Waals surface area contributed by atoms with E-state index in [0.717, 1.165) is 10.8 Å². The molecule has 8 heteroatoms. The Morgan fingerprint density at radius 1 is 1.27 bits per heavy atom. The SMILES string of the molecule is CCOC(=O)Cc1csc(SCC(=O)c2ccc3c(c2)OCCCO3)n1. The van der Waals surface area contributed by atoms with Crippen molar-refractivity contribution < 1.29 is 23.8 Å². The van der Waals surface area contributed by atoms with Crippen LogP contribution in [0.15, 0.2) is 27.9 Å². The maximum absolute atomic E-state index is 12.4. The summed E-state index contributed by atoms with van der Waals surface area (Å²) in [5, 5.41) is 1.82. The number of ketones is 1. The fraction of sp³-hybridized carbons (Fsp3) is 0.389. The normalized spacial score (nSPS) is 13.1. The van der Waals surface area contributed by atoms with E-state index in [9.17, 15) is 9.59 Å². The Morgan fingerprint density at radius 3 is 2.88 bits per heavy atom. The molecule has 0 unspecified atom stereocenters. The lowest BCUT2D eigenvalue weighted by atomic mass is 10.1. The van der Waals surface area contributed by atoms with Gasteiger partial charge in [-0.3, -0.25) is 9.59 Å². The Balaban J connectivity index is 1.56. The van der Waals surface area contributed by atoms with Crippen molar-refractivity contribution in [2.24, 2.45) is 0 Å². The van der Waals surface area contributed by atoms with E-state index in [1.54, 1.807) is 25.1 Å². The van der Waals surface area contributed by atoms with Gasteiger partial charge in [-0.25, -0.2) is 4.98 Å². The van der Waals surface area contributed by atoms with Crippen LogP contribution in [0.3, 0.4) is 0 Å². The Kier molecular flexibility index (Phi) is 6.51. The largest absolute Gasteiger partial charge is 0.490 e. The summed E-state index contributed by atoms with van der Waals surface area (Å²) in [6, 6.07) is 5.27. The van der Waals surface area contributed by atoms with E-state index in [4.69, 9.17) is 14.2 Å². The third-order valence-corrected chi connectivity index (χ3v) is 5.63. The van der Waals surface area contributed by atoms with Crippen LogP contribution in [0.4, 0.5) is 0 Å². The van der Waals surface area contributed by atoms with E-state index >= 15 is 0 Å². The molecule has 0 saturated heterocycles. The highest BCUT2D eigenvalue weighted by Gasteiger charge is 2.15. The molecular weight excluding hydrogens is 374 g/mol. The van der Waals surface area contributed by atoms with Gasteiger partial charge in [-0.2, -0.15) is 0 Å². The van der Waals surface area contributed by atoms with Crippen LogP contribution in [0, 0.1) is 0 Å². The third kappa shape index (κ3) is 4.98.